The first-order valence-electron chi connectivity index (χ1n) is 9.28. The predicted molar refractivity (Wildman–Crippen MR) is 106 cm³/mol. The number of nitrogens with zero attached hydrogens (tertiary/aromatic N) is 3. The first-order chi connectivity index (χ1) is 13.6. The second-order valence-electron chi connectivity index (χ2n) is 7.25. The summed E-state index contributed by atoms with van der Waals surface area (Å²) in [6, 6.07) is 9.57. The second kappa shape index (κ2) is 6.35. The van der Waals surface area contributed by atoms with Gasteiger partial charge in [0.15, 0.2) is 5.65 Å². The van der Waals surface area contributed by atoms with Crippen molar-refractivity contribution < 1.29 is 9.90 Å². The van der Waals surface area contributed by atoms with Crippen molar-refractivity contribution in [3.05, 3.63) is 48.4 Å². The number of anilines is 1. The van der Waals surface area contributed by atoms with Crippen LogP contribution < -0.4 is 11.1 Å². The van der Waals surface area contributed by atoms with Crippen molar-refractivity contribution in [3.8, 4) is 11.1 Å². The Hall–Kier alpha value is -3.39. The average Bonchev–Trinajstić information content (AvgIpc) is 3.34. The van der Waals surface area contributed by atoms with Crippen LogP contribution in [0.4, 0.5) is 5.82 Å². The number of aromatic nitrogens is 4. The molecule has 2 unspecified atom stereocenters. The zero-order chi connectivity index (χ0) is 19.3. The normalized spacial score (nSPS) is 20.0. The van der Waals surface area contributed by atoms with Crippen LogP contribution in [0.5, 0.6) is 0 Å². The molecule has 0 saturated carbocycles. The molecular formula is C20H20N6O2. The van der Waals surface area contributed by atoms with Crippen LogP contribution in [-0.2, 0) is 4.79 Å². The van der Waals surface area contributed by atoms with Gasteiger partial charge in [0.05, 0.1) is 11.9 Å². The lowest BCUT2D eigenvalue weighted by molar-refractivity contribution is -0.140. The maximum Gasteiger partial charge on any atom is 0.320 e. The van der Waals surface area contributed by atoms with Gasteiger partial charge in [-0.15, -0.1) is 0 Å². The van der Waals surface area contributed by atoms with Crippen molar-refractivity contribution in [2.24, 2.45) is 0 Å². The quantitative estimate of drug-likeness (QED) is 0.436. The molecule has 5 N–H and O–H groups in total. The summed E-state index contributed by atoms with van der Waals surface area (Å²) < 4.78 is 1.65. The Bertz CT molecular complexity index is 1190. The summed E-state index contributed by atoms with van der Waals surface area (Å²) in [7, 11) is 0. The van der Waals surface area contributed by atoms with Crippen molar-refractivity contribution in [3.63, 3.8) is 0 Å². The third kappa shape index (κ3) is 2.69. The highest BCUT2D eigenvalue weighted by Gasteiger charge is 2.27. The summed E-state index contributed by atoms with van der Waals surface area (Å²) >= 11 is 0. The average molecular weight is 376 g/mol. The van der Waals surface area contributed by atoms with Crippen LogP contribution >= 0.6 is 0 Å². The molecule has 1 aliphatic heterocycles. The molecule has 1 aliphatic rings. The lowest BCUT2D eigenvalue weighted by atomic mass is 9.92. The van der Waals surface area contributed by atoms with Gasteiger partial charge in [0.25, 0.3) is 0 Å². The van der Waals surface area contributed by atoms with Gasteiger partial charge < -0.3 is 21.1 Å². The summed E-state index contributed by atoms with van der Waals surface area (Å²) in [5.74, 6) is -0.160. The Morgan fingerprint density at radius 3 is 2.93 bits per heavy atom. The van der Waals surface area contributed by atoms with Crippen LogP contribution in [0.2, 0.25) is 0 Å². The number of aromatic amines is 1. The van der Waals surface area contributed by atoms with Gasteiger partial charge in [-0.05, 0) is 42.0 Å². The largest absolute Gasteiger partial charge is 0.480 e. The van der Waals surface area contributed by atoms with Gasteiger partial charge in [-0.25, -0.2) is 4.98 Å². The number of carbonyl (C=O) groups is 1. The molecule has 0 amide bonds. The van der Waals surface area contributed by atoms with E-state index in [1.54, 1.807) is 10.7 Å². The first-order valence-corrected chi connectivity index (χ1v) is 9.28. The van der Waals surface area contributed by atoms with E-state index in [-0.39, 0.29) is 5.92 Å². The third-order valence-corrected chi connectivity index (χ3v) is 5.51. The fourth-order valence-electron chi connectivity index (χ4n) is 3.96. The zero-order valence-electron chi connectivity index (χ0n) is 15.1. The molecule has 8 heteroatoms. The van der Waals surface area contributed by atoms with Gasteiger partial charge in [0, 0.05) is 35.8 Å². The van der Waals surface area contributed by atoms with E-state index in [0.29, 0.717) is 24.4 Å². The minimum atomic E-state index is -0.806. The van der Waals surface area contributed by atoms with Crippen molar-refractivity contribution >= 4 is 28.3 Å². The smallest absolute Gasteiger partial charge is 0.320 e. The highest BCUT2D eigenvalue weighted by Crippen LogP contribution is 2.31. The van der Waals surface area contributed by atoms with Crippen molar-refractivity contribution in [1.29, 1.82) is 0 Å². The molecule has 0 radical (unpaired) electrons. The second-order valence-corrected chi connectivity index (χ2v) is 7.25. The third-order valence-electron chi connectivity index (χ3n) is 5.51. The molecule has 1 aromatic carbocycles. The Kier molecular flexibility index (Phi) is 3.80. The van der Waals surface area contributed by atoms with E-state index in [4.69, 9.17) is 15.8 Å². The highest BCUT2D eigenvalue weighted by molar-refractivity contribution is 5.88. The summed E-state index contributed by atoms with van der Waals surface area (Å²) in [5.41, 5.74) is 10.9. The number of carboxylic acids is 1. The van der Waals surface area contributed by atoms with Crippen LogP contribution in [-0.4, -0.2) is 43.2 Å². The van der Waals surface area contributed by atoms with Crippen molar-refractivity contribution in [2.75, 3.05) is 12.3 Å². The van der Waals surface area contributed by atoms with Crippen LogP contribution in [0.3, 0.4) is 0 Å². The topological polar surface area (TPSA) is 121 Å². The van der Waals surface area contributed by atoms with Crippen LogP contribution in [0, 0.1) is 0 Å². The maximum atomic E-state index is 11.2. The Labute approximate surface area is 160 Å². The molecule has 28 heavy (non-hydrogen) atoms. The lowest BCUT2D eigenvalue weighted by Gasteiger charge is -2.27. The Balaban J connectivity index is 1.54. The molecular weight excluding hydrogens is 356 g/mol. The summed E-state index contributed by atoms with van der Waals surface area (Å²) in [6.45, 7) is 0.568. The fourth-order valence-corrected chi connectivity index (χ4v) is 3.96. The molecule has 1 saturated heterocycles. The minimum absolute atomic E-state index is 0.123. The molecule has 3 aromatic heterocycles. The number of hydrogen-bond donors (Lipinski definition) is 4. The molecule has 0 aliphatic carbocycles. The van der Waals surface area contributed by atoms with E-state index < -0.39 is 12.0 Å². The van der Waals surface area contributed by atoms with Gasteiger partial charge in [0.1, 0.15) is 11.9 Å². The van der Waals surface area contributed by atoms with E-state index in [1.165, 1.54) is 0 Å². The maximum absolute atomic E-state index is 11.2. The van der Waals surface area contributed by atoms with Gasteiger partial charge in [0.2, 0.25) is 0 Å². The van der Waals surface area contributed by atoms with E-state index in [0.717, 1.165) is 34.1 Å². The number of aliphatic carboxylic acids is 1. The van der Waals surface area contributed by atoms with Crippen LogP contribution in [0.25, 0.3) is 27.7 Å². The highest BCUT2D eigenvalue weighted by atomic mass is 16.4. The zero-order valence-corrected chi connectivity index (χ0v) is 15.1. The fraction of sp³-hybridized carbons (Fsp3) is 0.250. The lowest BCUT2D eigenvalue weighted by Crippen LogP contribution is -2.43. The van der Waals surface area contributed by atoms with E-state index in [2.05, 4.69) is 21.5 Å². The molecule has 8 nitrogen and oxygen atoms in total. The molecule has 4 heterocycles. The van der Waals surface area contributed by atoms with Gasteiger partial charge in [-0.2, -0.15) is 9.61 Å². The number of benzene rings is 1. The predicted octanol–water partition coefficient (Wildman–Crippen LogP) is 2.38. The number of nitrogen functional groups attached to an aromatic ring is 1. The summed E-state index contributed by atoms with van der Waals surface area (Å²) in [4.78, 5) is 19.2. The molecule has 5 rings (SSSR count). The molecule has 4 aromatic rings. The number of carboxylic acid groups (broad SMARTS) is 1. The van der Waals surface area contributed by atoms with Gasteiger partial charge in [-0.3, -0.25) is 4.79 Å². The number of nitrogens with two attached hydrogens (primary N) is 1. The van der Waals surface area contributed by atoms with Gasteiger partial charge >= 0.3 is 5.97 Å². The Morgan fingerprint density at radius 1 is 1.25 bits per heavy atom. The van der Waals surface area contributed by atoms with E-state index >= 15 is 0 Å². The van der Waals surface area contributed by atoms with Gasteiger partial charge in [-0.1, -0.05) is 6.07 Å². The molecule has 0 spiro atoms. The van der Waals surface area contributed by atoms with Crippen LogP contribution in [0.1, 0.15) is 24.5 Å². The number of hydrogen-bond acceptors (Lipinski definition) is 5. The minimum Gasteiger partial charge on any atom is -0.480 e. The van der Waals surface area contributed by atoms with Crippen molar-refractivity contribution in [2.45, 2.75) is 24.8 Å². The molecule has 2 atom stereocenters. The molecule has 1 fully saturated rings. The molecule has 0 bridgehead atoms. The number of rotatable bonds is 3. The number of fused-ring (bicyclic) bond motifs is 2. The van der Waals surface area contributed by atoms with Crippen LogP contribution in [0.15, 0.2) is 42.7 Å². The SMILES string of the molecule is Nc1cc(C2CCC(C(=O)O)NC2)nc2c(-c3ccc4[nH]ccc4c3)cnn12. The summed E-state index contributed by atoms with van der Waals surface area (Å²) in [5, 5.41) is 17.8. The summed E-state index contributed by atoms with van der Waals surface area (Å²) in [6.07, 6.45) is 5.03. The van der Waals surface area contributed by atoms with E-state index in [9.17, 15) is 4.79 Å². The monoisotopic (exact) mass is 376 g/mol. The number of H-pyrrole nitrogens is 1. The number of piperidine rings is 1. The molecule has 142 valence electrons. The number of nitrogens with one attached hydrogen (secondary N) is 2. The van der Waals surface area contributed by atoms with Crippen molar-refractivity contribution in [1.82, 2.24) is 24.9 Å². The first kappa shape index (κ1) is 16.8. The standard InChI is InChI=1S/C20H20N6O2/c21-18-8-17(13-2-4-16(20(27)28)23-9-13)25-19-14(10-24-26(18)19)11-1-3-15-12(7-11)5-6-22-15/h1,3,5-8,10,13,16,22-23H,2,4,9,21H2,(H,27,28). The van der Waals surface area contributed by atoms with E-state index in [1.807, 2.05) is 30.5 Å². The Morgan fingerprint density at radius 2 is 2.14 bits per heavy atom.